The van der Waals surface area contributed by atoms with Crippen molar-refractivity contribution in [3.8, 4) is 0 Å². The molecular weight excluding hydrogens is 310 g/mol. The van der Waals surface area contributed by atoms with Crippen LogP contribution in [0, 0.1) is 6.92 Å². The molecule has 0 radical (unpaired) electrons. The van der Waals surface area contributed by atoms with Crippen LogP contribution in [0.4, 0.5) is 5.69 Å². The molecule has 2 aromatic rings. The van der Waals surface area contributed by atoms with Crippen LogP contribution in [-0.2, 0) is 6.54 Å². The maximum Gasteiger partial charge on any atom is 0.109 e. The summed E-state index contributed by atoms with van der Waals surface area (Å²) in [7, 11) is 0. The van der Waals surface area contributed by atoms with Gasteiger partial charge in [-0.3, -0.25) is 0 Å². The Morgan fingerprint density at radius 3 is 2.94 bits per heavy atom. The first-order valence-corrected chi connectivity index (χ1v) is 7.37. The predicted molar refractivity (Wildman–Crippen MR) is 80.7 cm³/mol. The van der Waals surface area contributed by atoms with Gasteiger partial charge < -0.3 is 11.1 Å². The number of thiazole rings is 1. The van der Waals surface area contributed by atoms with Gasteiger partial charge in [-0.25, -0.2) is 4.98 Å². The molecule has 1 aromatic heterocycles. The fraction of sp³-hybridized carbons (Fsp3) is 0.308. The van der Waals surface area contributed by atoms with Gasteiger partial charge in [0.15, 0.2) is 0 Å². The van der Waals surface area contributed by atoms with E-state index in [1.54, 1.807) is 11.3 Å². The second-order valence-electron chi connectivity index (χ2n) is 4.26. The van der Waals surface area contributed by atoms with Crippen molar-refractivity contribution in [1.82, 2.24) is 10.3 Å². The lowest BCUT2D eigenvalue weighted by atomic mass is 10.2. The second-order valence-corrected chi connectivity index (χ2v) is 6.38. The van der Waals surface area contributed by atoms with Crippen LogP contribution >= 0.6 is 27.3 Å². The van der Waals surface area contributed by atoms with Gasteiger partial charge in [0.1, 0.15) is 5.01 Å². The quantitative estimate of drug-likeness (QED) is 0.843. The first kappa shape index (κ1) is 13.5. The Morgan fingerprint density at radius 1 is 1.50 bits per heavy atom. The largest absolute Gasteiger partial charge is 0.399 e. The fourth-order valence-corrected chi connectivity index (χ4v) is 2.84. The summed E-state index contributed by atoms with van der Waals surface area (Å²) in [6.45, 7) is 4.96. The number of nitrogen functional groups attached to an aromatic ring is 1. The van der Waals surface area contributed by atoms with Crippen molar-refractivity contribution in [3.05, 3.63) is 44.3 Å². The molecule has 0 bridgehead atoms. The van der Waals surface area contributed by atoms with Crippen LogP contribution in [0.25, 0.3) is 0 Å². The summed E-state index contributed by atoms with van der Waals surface area (Å²) >= 11 is 5.26. The Bertz CT molecular complexity index is 539. The molecular formula is C13H16BrN3S. The number of nitrogens with zero attached hydrogens (tertiary/aromatic N) is 1. The van der Waals surface area contributed by atoms with Crippen LogP contribution in [-0.4, -0.2) is 4.98 Å². The molecule has 1 aromatic carbocycles. The van der Waals surface area contributed by atoms with Gasteiger partial charge in [0, 0.05) is 27.8 Å². The van der Waals surface area contributed by atoms with E-state index in [4.69, 9.17) is 5.73 Å². The van der Waals surface area contributed by atoms with Crippen molar-refractivity contribution >= 4 is 33.0 Å². The van der Waals surface area contributed by atoms with Crippen LogP contribution in [0.5, 0.6) is 0 Å². The van der Waals surface area contributed by atoms with Crippen molar-refractivity contribution in [3.63, 3.8) is 0 Å². The molecule has 1 unspecified atom stereocenters. The topological polar surface area (TPSA) is 50.9 Å². The van der Waals surface area contributed by atoms with Crippen molar-refractivity contribution in [2.45, 2.75) is 26.4 Å². The molecule has 0 aliphatic carbocycles. The van der Waals surface area contributed by atoms with Crippen LogP contribution in [0.1, 0.15) is 28.4 Å². The van der Waals surface area contributed by atoms with E-state index < -0.39 is 0 Å². The number of hydrogen-bond acceptors (Lipinski definition) is 4. The molecule has 0 saturated heterocycles. The number of hydrogen-bond donors (Lipinski definition) is 2. The Hall–Kier alpha value is -0.910. The number of halogens is 1. The standard InChI is InChI=1S/C13H16BrN3S/c1-8-6-17-13(18-8)9(2)16-7-10-5-11(15)3-4-12(10)14/h3-6,9,16H,7,15H2,1-2H3. The van der Waals surface area contributed by atoms with E-state index in [9.17, 15) is 0 Å². The highest BCUT2D eigenvalue weighted by Gasteiger charge is 2.09. The van der Waals surface area contributed by atoms with E-state index in [0.29, 0.717) is 0 Å². The first-order chi connectivity index (χ1) is 8.56. The number of anilines is 1. The Morgan fingerprint density at radius 2 is 2.28 bits per heavy atom. The summed E-state index contributed by atoms with van der Waals surface area (Å²) in [5.41, 5.74) is 7.74. The third kappa shape index (κ3) is 3.31. The second kappa shape index (κ2) is 5.82. The van der Waals surface area contributed by atoms with Crippen molar-refractivity contribution in [1.29, 1.82) is 0 Å². The molecule has 1 heterocycles. The van der Waals surface area contributed by atoms with Gasteiger partial charge in [-0.05, 0) is 37.6 Å². The third-order valence-electron chi connectivity index (χ3n) is 2.68. The summed E-state index contributed by atoms with van der Waals surface area (Å²) in [5.74, 6) is 0. The van der Waals surface area contributed by atoms with Gasteiger partial charge in [-0.2, -0.15) is 0 Å². The van der Waals surface area contributed by atoms with Gasteiger partial charge >= 0.3 is 0 Å². The molecule has 18 heavy (non-hydrogen) atoms. The fourth-order valence-electron chi connectivity index (χ4n) is 1.65. The minimum absolute atomic E-state index is 0.247. The highest BCUT2D eigenvalue weighted by atomic mass is 79.9. The van der Waals surface area contributed by atoms with E-state index in [-0.39, 0.29) is 6.04 Å². The smallest absolute Gasteiger partial charge is 0.109 e. The van der Waals surface area contributed by atoms with Gasteiger partial charge in [0.25, 0.3) is 0 Å². The zero-order valence-corrected chi connectivity index (χ0v) is 12.8. The normalized spacial score (nSPS) is 12.6. The number of rotatable bonds is 4. The summed E-state index contributed by atoms with van der Waals surface area (Å²) in [4.78, 5) is 5.63. The predicted octanol–water partition coefficient (Wildman–Crippen LogP) is 3.65. The van der Waals surface area contributed by atoms with Crippen LogP contribution in [0.15, 0.2) is 28.9 Å². The molecule has 0 amide bonds. The van der Waals surface area contributed by atoms with E-state index in [1.807, 2.05) is 24.4 Å². The zero-order chi connectivity index (χ0) is 13.1. The number of nitrogens with one attached hydrogen (secondary N) is 1. The average Bonchev–Trinajstić information content (AvgIpc) is 2.77. The lowest BCUT2D eigenvalue weighted by Gasteiger charge is -2.12. The maximum atomic E-state index is 5.79. The number of aromatic nitrogens is 1. The van der Waals surface area contributed by atoms with Gasteiger partial charge in [-0.1, -0.05) is 15.9 Å². The maximum absolute atomic E-state index is 5.79. The molecule has 2 rings (SSSR count). The molecule has 1 atom stereocenters. The molecule has 96 valence electrons. The third-order valence-corrected chi connectivity index (χ3v) is 4.55. The number of benzene rings is 1. The Kier molecular flexibility index (Phi) is 4.37. The highest BCUT2D eigenvalue weighted by Crippen LogP contribution is 2.22. The molecule has 0 aliphatic rings. The Balaban J connectivity index is 2.01. The molecule has 0 fully saturated rings. The van der Waals surface area contributed by atoms with Crippen LogP contribution < -0.4 is 11.1 Å². The average molecular weight is 326 g/mol. The SMILES string of the molecule is Cc1cnc(C(C)NCc2cc(N)ccc2Br)s1. The first-order valence-electron chi connectivity index (χ1n) is 5.76. The van der Waals surface area contributed by atoms with Crippen LogP contribution in [0.2, 0.25) is 0 Å². The minimum Gasteiger partial charge on any atom is -0.399 e. The summed E-state index contributed by atoms with van der Waals surface area (Å²) in [5, 5.41) is 4.58. The lowest BCUT2D eigenvalue weighted by molar-refractivity contribution is 0.571. The minimum atomic E-state index is 0.247. The Labute approximate surface area is 120 Å². The van der Waals surface area contributed by atoms with E-state index in [2.05, 4.69) is 40.1 Å². The van der Waals surface area contributed by atoms with Gasteiger partial charge in [-0.15, -0.1) is 11.3 Å². The van der Waals surface area contributed by atoms with Crippen LogP contribution in [0.3, 0.4) is 0 Å². The highest BCUT2D eigenvalue weighted by molar-refractivity contribution is 9.10. The lowest BCUT2D eigenvalue weighted by Crippen LogP contribution is -2.18. The molecule has 3 N–H and O–H groups in total. The zero-order valence-electron chi connectivity index (χ0n) is 10.4. The van der Waals surface area contributed by atoms with Crippen molar-refractivity contribution in [2.24, 2.45) is 0 Å². The van der Waals surface area contributed by atoms with Gasteiger partial charge in [0.05, 0.1) is 6.04 Å². The van der Waals surface area contributed by atoms with Crippen molar-refractivity contribution < 1.29 is 0 Å². The molecule has 5 heteroatoms. The van der Waals surface area contributed by atoms with E-state index >= 15 is 0 Å². The van der Waals surface area contributed by atoms with E-state index in [0.717, 1.165) is 27.3 Å². The molecule has 0 saturated carbocycles. The molecule has 0 spiro atoms. The number of aryl methyl sites for hydroxylation is 1. The van der Waals surface area contributed by atoms with E-state index in [1.165, 1.54) is 4.88 Å². The molecule has 3 nitrogen and oxygen atoms in total. The van der Waals surface area contributed by atoms with Gasteiger partial charge in [0.2, 0.25) is 0 Å². The summed E-state index contributed by atoms with van der Waals surface area (Å²) < 4.78 is 1.08. The molecule has 0 aliphatic heterocycles. The monoisotopic (exact) mass is 325 g/mol. The van der Waals surface area contributed by atoms with Crippen molar-refractivity contribution in [2.75, 3.05) is 5.73 Å². The summed E-state index contributed by atoms with van der Waals surface area (Å²) in [6.07, 6.45) is 1.91. The number of nitrogens with two attached hydrogens (primary N) is 1. The summed E-state index contributed by atoms with van der Waals surface area (Å²) in [6, 6.07) is 6.10.